The number of carbonyl (C=O) groups is 1. The van der Waals surface area contributed by atoms with Crippen molar-refractivity contribution >= 4 is 17.5 Å². The van der Waals surface area contributed by atoms with Gasteiger partial charge in [0, 0.05) is 51.5 Å². The molecule has 1 saturated heterocycles. The maximum Gasteiger partial charge on any atom is 0.410 e. The lowest BCUT2D eigenvalue weighted by molar-refractivity contribution is -0.177. The lowest BCUT2D eigenvalue weighted by atomic mass is 9.95. The van der Waals surface area contributed by atoms with E-state index in [1.807, 2.05) is 36.5 Å². The minimum atomic E-state index is -0.264. The summed E-state index contributed by atoms with van der Waals surface area (Å²) in [6.45, 7) is 9.37. The van der Waals surface area contributed by atoms with Crippen molar-refractivity contribution in [2.24, 2.45) is 5.92 Å². The number of rotatable bonds is 13. The van der Waals surface area contributed by atoms with Gasteiger partial charge in [-0.3, -0.25) is 0 Å². The fourth-order valence-electron chi connectivity index (χ4n) is 5.08. The first-order valence-electron chi connectivity index (χ1n) is 14.8. The second-order valence-corrected chi connectivity index (χ2v) is 10.5. The second kappa shape index (κ2) is 15.6. The number of amides is 1. The van der Waals surface area contributed by atoms with Crippen LogP contribution >= 0.6 is 0 Å². The molecule has 0 bridgehead atoms. The number of hydrogen-bond acceptors (Lipinski definition) is 6. The fourth-order valence-corrected chi connectivity index (χ4v) is 5.08. The highest BCUT2D eigenvalue weighted by Crippen LogP contribution is 2.28. The van der Waals surface area contributed by atoms with E-state index in [1.165, 1.54) is 5.57 Å². The number of pyridine rings is 1. The monoisotopic (exact) mass is 535 g/mol. The van der Waals surface area contributed by atoms with Crippen LogP contribution in [-0.2, 0) is 20.8 Å². The van der Waals surface area contributed by atoms with Crippen molar-refractivity contribution in [2.75, 3.05) is 44.3 Å². The number of benzene rings is 1. The molecule has 1 fully saturated rings. The molecule has 0 N–H and O–H groups in total. The van der Waals surface area contributed by atoms with E-state index < -0.39 is 0 Å². The van der Waals surface area contributed by atoms with Gasteiger partial charge in [0.25, 0.3) is 0 Å². The third kappa shape index (κ3) is 8.80. The van der Waals surface area contributed by atoms with Crippen LogP contribution in [0.5, 0.6) is 0 Å². The number of ether oxygens (including phenoxy) is 3. The maximum atomic E-state index is 12.5. The molecule has 2 aliphatic heterocycles. The maximum absolute atomic E-state index is 12.5. The summed E-state index contributed by atoms with van der Waals surface area (Å²) in [5.41, 5.74) is 3.35. The van der Waals surface area contributed by atoms with Crippen molar-refractivity contribution in [1.29, 1.82) is 0 Å². The van der Waals surface area contributed by atoms with Crippen molar-refractivity contribution in [1.82, 2.24) is 9.88 Å². The van der Waals surface area contributed by atoms with Gasteiger partial charge in [-0.15, -0.1) is 0 Å². The van der Waals surface area contributed by atoms with Gasteiger partial charge in [0.2, 0.25) is 0 Å². The average Bonchev–Trinajstić information content (AvgIpc) is 3.00. The smallest absolute Gasteiger partial charge is 0.410 e. The van der Waals surface area contributed by atoms with Crippen LogP contribution in [0, 0.1) is 5.92 Å². The SMILES string of the molecule is CCCCOC(OCCCC)C1CCN(c2ccc(C3=CCN(C(=O)OCc4ccccc4)CC3)cn2)CC1. The number of nitrogens with zero attached hydrogens (tertiary/aromatic N) is 3. The predicted octanol–water partition coefficient (Wildman–Crippen LogP) is 6.68. The zero-order chi connectivity index (χ0) is 27.3. The molecule has 1 aromatic heterocycles. The Morgan fingerprint density at radius 2 is 1.69 bits per heavy atom. The zero-order valence-corrected chi connectivity index (χ0v) is 23.7. The standard InChI is InChI=1S/C32H45N3O4/c1-3-5-22-37-31(38-23-6-4-2)28-16-18-34(19-17-28)30-13-12-29(24-33-30)27-14-20-35(21-15-27)32(36)39-25-26-10-8-7-9-11-26/h7-14,24,28,31H,3-6,15-23,25H2,1-2H3. The van der Waals surface area contributed by atoms with Crippen molar-refractivity contribution in [2.45, 2.75) is 71.7 Å². The highest BCUT2D eigenvalue weighted by atomic mass is 16.7. The van der Waals surface area contributed by atoms with Gasteiger partial charge in [-0.1, -0.05) is 63.1 Å². The molecular formula is C32H45N3O4. The molecule has 0 aliphatic carbocycles. The third-order valence-corrected chi connectivity index (χ3v) is 7.60. The highest BCUT2D eigenvalue weighted by molar-refractivity contribution is 5.72. The largest absolute Gasteiger partial charge is 0.445 e. The minimum absolute atomic E-state index is 0.0889. The molecule has 2 aromatic rings. The Kier molecular flexibility index (Phi) is 11.7. The summed E-state index contributed by atoms with van der Waals surface area (Å²) in [7, 11) is 0. The quantitative estimate of drug-likeness (QED) is 0.210. The van der Waals surface area contributed by atoms with Crippen LogP contribution in [0.25, 0.3) is 5.57 Å². The zero-order valence-electron chi connectivity index (χ0n) is 23.7. The first-order chi connectivity index (χ1) is 19.2. The van der Waals surface area contributed by atoms with Gasteiger partial charge in [0.15, 0.2) is 6.29 Å². The molecule has 7 nitrogen and oxygen atoms in total. The summed E-state index contributed by atoms with van der Waals surface area (Å²) in [4.78, 5) is 21.4. The van der Waals surface area contributed by atoms with E-state index in [0.29, 0.717) is 25.6 Å². The highest BCUT2D eigenvalue weighted by Gasteiger charge is 2.28. The van der Waals surface area contributed by atoms with Crippen LogP contribution in [0.1, 0.15) is 69.9 Å². The van der Waals surface area contributed by atoms with Crippen molar-refractivity contribution in [3.8, 4) is 0 Å². The van der Waals surface area contributed by atoms with Gasteiger partial charge in [-0.05, 0) is 60.9 Å². The number of carbonyl (C=O) groups excluding carboxylic acids is 1. The summed E-state index contributed by atoms with van der Waals surface area (Å²) < 4.78 is 17.8. The Labute approximate surface area is 234 Å². The number of unbranched alkanes of at least 4 members (excludes halogenated alkanes) is 2. The Morgan fingerprint density at radius 3 is 2.28 bits per heavy atom. The van der Waals surface area contributed by atoms with Crippen LogP contribution in [0.4, 0.5) is 10.6 Å². The topological polar surface area (TPSA) is 64.1 Å². The van der Waals surface area contributed by atoms with Gasteiger partial charge < -0.3 is 24.0 Å². The third-order valence-electron chi connectivity index (χ3n) is 7.60. The van der Waals surface area contributed by atoms with Gasteiger partial charge >= 0.3 is 6.09 Å². The summed E-state index contributed by atoms with van der Waals surface area (Å²) in [6, 6.07) is 14.1. The van der Waals surface area contributed by atoms with Crippen molar-refractivity contribution in [3.05, 3.63) is 65.9 Å². The van der Waals surface area contributed by atoms with Gasteiger partial charge in [0.1, 0.15) is 12.4 Å². The molecule has 4 rings (SSSR count). The van der Waals surface area contributed by atoms with Crippen LogP contribution in [0.15, 0.2) is 54.7 Å². The van der Waals surface area contributed by atoms with Crippen LogP contribution in [0.3, 0.4) is 0 Å². The van der Waals surface area contributed by atoms with Crippen LogP contribution in [-0.4, -0.2) is 61.7 Å². The van der Waals surface area contributed by atoms with E-state index in [4.69, 9.17) is 19.2 Å². The summed E-state index contributed by atoms with van der Waals surface area (Å²) in [5, 5.41) is 0. The normalized spacial score (nSPS) is 16.4. The average molecular weight is 536 g/mol. The van der Waals surface area contributed by atoms with Gasteiger partial charge in [0.05, 0.1) is 0 Å². The van der Waals surface area contributed by atoms with E-state index in [9.17, 15) is 4.79 Å². The molecule has 0 radical (unpaired) electrons. The number of piperidine rings is 1. The molecule has 1 aromatic carbocycles. The summed E-state index contributed by atoms with van der Waals surface area (Å²) in [6.07, 6.45) is 11.1. The van der Waals surface area contributed by atoms with E-state index in [2.05, 4.69) is 37.0 Å². The minimum Gasteiger partial charge on any atom is -0.445 e. The van der Waals surface area contributed by atoms with E-state index in [1.54, 1.807) is 4.90 Å². The Hall–Kier alpha value is -2.90. The fraction of sp³-hybridized carbons (Fsp3) is 0.562. The summed E-state index contributed by atoms with van der Waals surface area (Å²) >= 11 is 0. The first kappa shape index (κ1) is 29.1. The second-order valence-electron chi connectivity index (χ2n) is 10.5. The lowest BCUT2D eigenvalue weighted by Gasteiger charge is -2.36. The van der Waals surface area contributed by atoms with Gasteiger partial charge in [-0.25, -0.2) is 9.78 Å². The Bertz CT molecular complexity index is 1010. The van der Waals surface area contributed by atoms with Crippen molar-refractivity contribution in [3.63, 3.8) is 0 Å². The summed E-state index contributed by atoms with van der Waals surface area (Å²) in [5.74, 6) is 1.46. The van der Waals surface area contributed by atoms with Crippen LogP contribution in [0.2, 0.25) is 0 Å². The molecule has 0 saturated carbocycles. The predicted molar refractivity (Wildman–Crippen MR) is 155 cm³/mol. The molecule has 212 valence electrons. The molecule has 0 unspecified atom stereocenters. The van der Waals surface area contributed by atoms with E-state index >= 15 is 0 Å². The van der Waals surface area contributed by atoms with Gasteiger partial charge in [-0.2, -0.15) is 0 Å². The molecule has 0 atom stereocenters. The molecule has 2 aliphatic rings. The molecular weight excluding hydrogens is 490 g/mol. The molecule has 3 heterocycles. The molecule has 0 spiro atoms. The Balaban J connectivity index is 1.24. The lowest BCUT2D eigenvalue weighted by Crippen LogP contribution is -2.40. The van der Waals surface area contributed by atoms with E-state index in [0.717, 1.165) is 88.2 Å². The first-order valence-corrected chi connectivity index (χ1v) is 14.8. The molecule has 7 heteroatoms. The Morgan fingerprint density at radius 1 is 0.974 bits per heavy atom. The molecule has 39 heavy (non-hydrogen) atoms. The van der Waals surface area contributed by atoms with E-state index in [-0.39, 0.29) is 12.4 Å². The van der Waals surface area contributed by atoms with Crippen molar-refractivity contribution < 1.29 is 19.0 Å². The number of anilines is 1. The molecule has 1 amide bonds. The number of aromatic nitrogens is 1. The van der Waals surface area contributed by atoms with Crippen LogP contribution < -0.4 is 4.90 Å². The number of hydrogen-bond donors (Lipinski definition) is 0.